The van der Waals surface area contributed by atoms with Gasteiger partial charge in [-0.25, -0.2) is 0 Å². The lowest BCUT2D eigenvalue weighted by Crippen LogP contribution is -2.39. The van der Waals surface area contributed by atoms with Crippen molar-refractivity contribution in [3.05, 3.63) is 35.4 Å². The first-order valence-electron chi connectivity index (χ1n) is 6.83. The molecule has 98 valence electrons. The van der Waals surface area contributed by atoms with E-state index in [0.29, 0.717) is 11.6 Å². The van der Waals surface area contributed by atoms with Crippen LogP contribution in [0, 0.1) is 28.6 Å². The van der Waals surface area contributed by atoms with Gasteiger partial charge in [0.2, 0.25) is 0 Å². The van der Waals surface area contributed by atoms with Crippen molar-refractivity contribution in [3.63, 3.8) is 0 Å². The van der Waals surface area contributed by atoms with Gasteiger partial charge < -0.3 is 0 Å². The van der Waals surface area contributed by atoms with Crippen molar-refractivity contribution in [3.8, 4) is 12.1 Å². The van der Waals surface area contributed by atoms with Gasteiger partial charge >= 0.3 is 0 Å². The Labute approximate surface area is 115 Å². The molecular formula is C16H19N3. The molecule has 1 aromatic carbocycles. The lowest BCUT2D eigenvalue weighted by molar-refractivity contribution is 0.151. The van der Waals surface area contributed by atoms with Crippen LogP contribution < -0.4 is 0 Å². The van der Waals surface area contributed by atoms with Gasteiger partial charge in [0, 0.05) is 12.6 Å². The average molecular weight is 253 g/mol. The Morgan fingerprint density at radius 1 is 1.26 bits per heavy atom. The third kappa shape index (κ3) is 3.34. The summed E-state index contributed by atoms with van der Waals surface area (Å²) in [5, 5.41) is 18.2. The van der Waals surface area contributed by atoms with Crippen LogP contribution in [-0.2, 0) is 6.54 Å². The molecule has 0 bridgehead atoms. The van der Waals surface area contributed by atoms with Crippen LogP contribution in [0.4, 0.5) is 0 Å². The summed E-state index contributed by atoms with van der Waals surface area (Å²) in [5.41, 5.74) is 1.84. The third-order valence-corrected chi connectivity index (χ3v) is 3.95. The molecule has 2 rings (SSSR count). The summed E-state index contributed by atoms with van der Waals surface area (Å²) >= 11 is 0. The maximum atomic E-state index is 9.24. The second kappa shape index (κ2) is 6.36. The Morgan fingerprint density at radius 2 is 2.05 bits per heavy atom. The molecule has 2 atom stereocenters. The third-order valence-electron chi connectivity index (χ3n) is 3.95. The Hall–Kier alpha value is -1.84. The van der Waals surface area contributed by atoms with Crippen LogP contribution in [0.3, 0.4) is 0 Å². The Morgan fingerprint density at radius 3 is 2.79 bits per heavy atom. The maximum Gasteiger partial charge on any atom is 0.0991 e. The zero-order valence-corrected chi connectivity index (χ0v) is 11.3. The molecule has 1 saturated carbocycles. The van der Waals surface area contributed by atoms with Crippen molar-refractivity contribution in [1.82, 2.24) is 4.90 Å². The minimum absolute atomic E-state index is 0.151. The molecule has 1 aliphatic rings. The number of nitriles is 2. The maximum absolute atomic E-state index is 9.24. The number of hydrogen-bond donors (Lipinski definition) is 0. The molecule has 3 nitrogen and oxygen atoms in total. The molecule has 1 aliphatic carbocycles. The molecule has 0 aliphatic heterocycles. The molecule has 1 fully saturated rings. The van der Waals surface area contributed by atoms with Crippen LogP contribution in [0.15, 0.2) is 24.3 Å². The van der Waals surface area contributed by atoms with Gasteiger partial charge in [-0.2, -0.15) is 10.5 Å². The zero-order valence-electron chi connectivity index (χ0n) is 11.3. The molecule has 0 saturated heterocycles. The fourth-order valence-corrected chi connectivity index (χ4v) is 2.93. The molecule has 0 amide bonds. The summed E-state index contributed by atoms with van der Waals surface area (Å²) in [5.74, 6) is 0.151. The fourth-order valence-electron chi connectivity index (χ4n) is 2.93. The van der Waals surface area contributed by atoms with Gasteiger partial charge in [0.05, 0.1) is 23.6 Å². The Kier molecular flexibility index (Phi) is 4.55. The molecule has 1 aromatic rings. The molecule has 3 heteroatoms. The molecule has 0 heterocycles. The topological polar surface area (TPSA) is 50.8 Å². The number of rotatable bonds is 3. The minimum Gasteiger partial charge on any atom is -0.298 e. The van der Waals surface area contributed by atoms with Gasteiger partial charge in [-0.1, -0.05) is 25.0 Å². The molecule has 0 aromatic heterocycles. The van der Waals surface area contributed by atoms with E-state index in [9.17, 15) is 5.26 Å². The molecule has 19 heavy (non-hydrogen) atoms. The summed E-state index contributed by atoms with van der Waals surface area (Å²) in [6, 6.07) is 12.7. The normalized spacial score (nSPS) is 22.7. The van der Waals surface area contributed by atoms with Crippen LogP contribution in [0.25, 0.3) is 0 Å². The average Bonchev–Trinajstić information content (AvgIpc) is 2.47. The van der Waals surface area contributed by atoms with E-state index in [2.05, 4.69) is 24.1 Å². The summed E-state index contributed by atoms with van der Waals surface area (Å²) in [6.45, 7) is 0.804. The van der Waals surface area contributed by atoms with E-state index in [0.717, 1.165) is 24.9 Å². The molecule has 2 unspecified atom stereocenters. The number of hydrogen-bond acceptors (Lipinski definition) is 3. The van der Waals surface area contributed by atoms with Crippen LogP contribution in [0.1, 0.15) is 36.8 Å². The summed E-state index contributed by atoms with van der Waals surface area (Å²) in [7, 11) is 2.08. The highest BCUT2D eigenvalue weighted by molar-refractivity contribution is 5.32. The first kappa shape index (κ1) is 13.6. The van der Waals surface area contributed by atoms with Gasteiger partial charge in [-0.3, -0.25) is 4.90 Å². The van der Waals surface area contributed by atoms with Gasteiger partial charge in [0.1, 0.15) is 0 Å². The highest BCUT2D eigenvalue weighted by Crippen LogP contribution is 2.28. The van der Waals surface area contributed by atoms with E-state index >= 15 is 0 Å². The molecular weight excluding hydrogens is 234 g/mol. The monoisotopic (exact) mass is 253 g/mol. The lowest BCUT2D eigenvalue weighted by atomic mass is 9.84. The van der Waals surface area contributed by atoms with Crippen molar-refractivity contribution >= 4 is 0 Å². The van der Waals surface area contributed by atoms with E-state index in [-0.39, 0.29) is 5.92 Å². The smallest absolute Gasteiger partial charge is 0.0991 e. The van der Waals surface area contributed by atoms with Crippen LogP contribution >= 0.6 is 0 Å². The predicted molar refractivity (Wildman–Crippen MR) is 74.0 cm³/mol. The zero-order chi connectivity index (χ0) is 13.7. The van der Waals surface area contributed by atoms with Crippen molar-refractivity contribution < 1.29 is 0 Å². The van der Waals surface area contributed by atoms with Gasteiger partial charge in [-0.05, 0) is 37.6 Å². The predicted octanol–water partition coefficient (Wildman–Crippen LogP) is 3.07. The highest BCUT2D eigenvalue weighted by atomic mass is 15.1. The van der Waals surface area contributed by atoms with E-state index in [1.807, 2.05) is 24.3 Å². The van der Waals surface area contributed by atoms with Crippen molar-refractivity contribution in [2.24, 2.45) is 5.92 Å². The standard InChI is InChI=1S/C16H19N3/c1-19(16-8-3-2-7-15(16)11-18)12-14-6-4-5-13(9-14)10-17/h4-6,9,15-16H,2-3,7-8,12H2,1H3. The fraction of sp³-hybridized carbons (Fsp3) is 0.500. The second-order valence-electron chi connectivity index (χ2n) is 5.31. The Balaban J connectivity index is 2.05. The first-order valence-corrected chi connectivity index (χ1v) is 6.83. The number of nitrogens with zero attached hydrogens (tertiary/aromatic N) is 3. The second-order valence-corrected chi connectivity index (χ2v) is 5.31. The Bertz CT molecular complexity index is 509. The summed E-state index contributed by atoms with van der Waals surface area (Å²) in [6.07, 6.45) is 4.51. The SMILES string of the molecule is CN(Cc1cccc(C#N)c1)C1CCCCC1C#N. The number of benzene rings is 1. The van der Waals surface area contributed by atoms with E-state index in [4.69, 9.17) is 5.26 Å². The van der Waals surface area contributed by atoms with Gasteiger partial charge in [0.15, 0.2) is 0 Å². The van der Waals surface area contributed by atoms with Crippen molar-refractivity contribution in [1.29, 1.82) is 10.5 Å². The van der Waals surface area contributed by atoms with Gasteiger partial charge in [0.25, 0.3) is 0 Å². The van der Waals surface area contributed by atoms with E-state index in [1.54, 1.807) is 0 Å². The van der Waals surface area contributed by atoms with Crippen LogP contribution in [0.2, 0.25) is 0 Å². The highest BCUT2D eigenvalue weighted by Gasteiger charge is 2.28. The van der Waals surface area contributed by atoms with E-state index < -0.39 is 0 Å². The lowest BCUT2D eigenvalue weighted by Gasteiger charge is -2.34. The summed E-state index contributed by atoms with van der Waals surface area (Å²) < 4.78 is 0. The molecule has 0 N–H and O–H groups in total. The largest absolute Gasteiger partial charge is 0.298 e. The molecule has 0 radical (unpaired) electrons. The first-order chi connectivity index (χ1) is 9.24. The van der Waals surface area contributed by atoms with Crippen LogP contribution in [0.5, 0.6) is 0 Å². The van der Waals surface area contributed by atoms with E-state index in [1.165, 1.54) is 12.8 Å². The summed E-state index contributed by atoms with van der Waals surface area (Å²) in [4.78, 5) is 2.27. The molecule has 0 spiro atoms. The van der Waals surface area contributed by atoms with Gasteiger partial charge in [-0.15, -0.1) is 0 Å². The minimum atomic E-state index is 0.151. The van der Waals surface area contributed by atoms with Crippen LogP contribution in [-0.4, -0.2) is 18.0 Å². The quantitative estimate of drug-likeness (QED) is 0.831. The van der Waals surface area contributed by atoms with Crippen molar-refractivity contribution in [2.45, 2.75) is 38.3 Å². The van der Waals surface area contributed by atoms with Crippen molar-refractivity contribution in [2.75, 3.05) is 7.05 Å².